The monoisotopic (exact) mass is 400 g/mol. The fourth-order valence-corrected chi connectivity index (χ4v) is 4.55. The van der Waals surface area contributed by atoms with Crippen LogP contribution in [-0.2, 0) is 0 Å². The van der Waals surface area contributed by atoms with Gasteiger partial charge in [-0.3, -0.25) is 5.01 Å². The first kappa shape index (κ1) is 18.7. The zero-order valence-electron chi connectivity index (χ0n) is 16.5. The maximum absolute atomic E-state index is 13.6. The molecule has 150 valence electrons. The molecule has 3 aromatic carbocycles. The Kier molecular flexibility index (Phi) is 4.91. The van der Waals surface area contributed by atoms with E-state index in [1.54, 1.807) is 12.1 Å². The smallest absolute Gasteiger partial charge is 0.123 e. The van der Waals surface area contributed by atoms with E-state index < -0.39 is 0 Å². The zero-order valence-corrected chi connectivity index (χ0v) is 16.5. The summed E-state index contributed by atoms with van der Waals surface area (Å²) in [5.74, 6) is -0.232. The molecule has 3 aromatic rings. The van der Waals surface area contributed by atoms with E-state index in [2.05, 4.69) is 23.2 Å². The van der Waals surface area contributed by atoms with E-state index >= 15 is 0 Å². The molecule has 1 saturated carbocycles. The van der Waals surface area contributed by atoms with E-state index in [4.69, 9.17) is 5.10 Å². The summed E-state index contributed by atoms with van der Waals surface area (Å²) in [7, 11) is 0. The third kappa shape index (κ3) is 3.54. The van der Waals surface area contributed by atoms with E-state index in [9.17, 15) is 8.78 Å². The first-order valence-electron chi connectivity index (χ1n) is 10.3. The maximum atomic E-state index is 13.6. The number of allylic oxidation sites excluding steroid dienone is 1. The number of fused-ring (bicyclic) bond motifs is 1. The summed E-state index contributed by atoms with van der Waals surface area (Å²) in [4.78, 5) is 0. The predicted octanol–water partition coefficient (Wildman–Crippen LogP) is 6.77. The number of hydrazone groups is 1. The summed E-state index contributed by atoms with van der Waals surface area (Å²) >= 11 is 0. The van der Waals surface area contributed by atoms with Crippen LogP contribution in [0.1, 0.15) is 36.4 Å². The van der Waals surface area contributed by atoms with Gasteiger partial charge in [0.15, 0.2) is 0 Å². The summed E-state index contributed by atoms with van der Waals surface area (Å²) in [6.07, 6.45) is 5.17. The van der Waals surface area contributed by atoms with Gasteiger partial charge in [-0.1, -0.05) is 42.5 Å². The molecule has 2 unspecified atom stereocenters. The molecule has 0 aromatic heterocycles. The van der Waals surface area contributed by atoms with Crippen molar-refractivity contribution in [2.45, 2.75) is 25.3 Å². The lowest BCUT2D eigenvalue weighted by atomic mass is 9.77. The van der Waals surface area contributed by atoms with Gasteiger partial charge >= 0.3 is 0 Å². The van der Waals surface area contributed by atoms with Crippen LogP contribution in [0.3, 0.4) is 0 Å². The molecule has 2 nitrogen and oxygen atoms in total. The summed E-state index contributed by atoms with van der Waals surface area (Å²) < 4.78 is 26.9. The van der Waals surface area contributed by atoms with Gasteiger partial charge in [0.25, 0.3) is 0 Å². The van der Waals surface area contributed by atoms with Crippen molar-refractivity contribution >= 4 is 17.5 Å². The second-order valence-corrected chi connectivity index (χ2v) is 7.88. The van der Waals surface area contributed by atoms with Crippen molar-refractivity contribution in [1.82, 2.24) is 0 Å². The third-order valence-electron chi connectivity index (χ3n) is 5.94. The molecule has 1 heterocycles. The average Bonchev–Trinajstić information content (AvgIpc) is 3.17. The quantitative estimate of drug-likeness (QED) is 0.474. The molecule has 0 bridgehead atoms. The average molecular weight is 400 g/mol. The number of anilines is 1. The van der Waals surface area contributed by atoms with E-state index in [0.29, 0.717) is 0 Å². The van der Waals surface area contributed by atoms with Crippen LogP contribution in [0, 0.1) is 17.6 Å². The minimum atomic E-state index is -0.233. The summed E-state index contributed by atoms with van der Waals surface area (Å²) in [5, 5.41) is 7.15. The van der Waals surface area contributed by atoms with Gasteiger partial charge < -0.3 is 0 Å². The maximum Gasteiger partial charge on any atom is 0.123 e. The zero-order chi connectivity index (χ0) is 20.5. The molecule has 0 radical (unpaired) electrons. The Morgan fingerprint density at radius 1 is 0.833 bits per heavy atom. The number of para-hydroxylation sites is 1. The minimum absolute atomic E-state index is 0.0277. The van der Waals surface area contributed by atoms with Crippen LogP contribution in [-0.4, -0.2) is 5.71 Å². The first-order chi connectivity index (χ1) is 14.7. The Morgan fingerprint density at radius 3 is 2.20 bits per heavy atom. The van der Waals surface area contributed by atoms with E-state index in [0.717, 1.165) is 41.8 Å². The summed E-state index contributed by atoms with van der Waals surface area (Å²) in [6.45, 7) is 0. The highest BCUT2D eigenvalue weighted by Gasteiger charge is 2.41. The molecule has 0 spiro atoms. The van der Waals surface area contributed by atoms with Crippen molar-refractivity contribution < 1.29 is 8.78 Å². The van der Waals surface area contributed by atoms with Gasteiger partial charge in [0.05, 0.1) is 17.4 Å². The molecule has 0 saturated heterocycles. The highest BCUT2D eigenvalue weighted by molar-refractivity contribution is 6.08. The van der Waals surface area contributed by atoms with Gasteiger partial charge in [0.1, 0.15) is 11.6 Å². The Bertz CT molecular complexity index is 1090. The lowest BCUT2D eigenvalue weighted by molar-refractivity contribution is 0.487. The highest BCUT2D eigenvalue weighted by atomic mass is 19.1. The van der Waals surface area contributed by atoms with Gasteiger partial charge in [-0.05, 0) is 78.4 Å². The Morgan fingerprint density at radius 2 is 1.50 bits per heavy atom. The van der Waals surface area contributed by atoms with Crippen molar-refractivity contribution in [3.63, 3.8) is 0 Å². The number of benzene rings is 3. The van der Waals surface area contributed by atoms with Crippen molar-refractivity contribution in [3.8, 4) is 0 Å². The molecule has 0 N–H and O–H groups in total. The highest BCUT2D eigenvalue weighted by Crippen LogP contribution is 2.46. The Hall–Kier alpha value is -3.27. The van der Waals surface area contributed by atoms with Gasteiger partial charge in [-0.15, -0.1) is 0 Å². The molecule has 0 amide bonds. The van der Waals surface area contributed by atoms with Crippen LogP contribution in [0.4, 0.5) is 14.5 Å². The summed E-state index contributed by atoms with van der Waals surface area (Å²) in [5.41, 5.74) is 5.35. The van der Waals surface area contributed by atoms with Crippen LogP contribution in [0.15, 0.2) is 89.5 Å². The summed E-state index contributed by atoms with van der Waals surface area (Å²) in [6, 6.07) is 23.5. The topological polar surface area (TPSA) is 15.6 Å². The van der Waals surface area contributed by atoms with Crippen LogP contribution in [0.25, 0.3) is 6.08 Å². The largest absolute Gasteiger partial charge is 0.257 e. The number of rotatable bonds is 3. The Balaban J connectivity index is 1.58. The Labute approximate surface area is 175 Å². The molecule has 30 heavy (non-hydrogen) atoms. The van der Waals surface area contributed by atoms with Gasteiger partial charge in [-0.2, -0.15) is 5.10 Å². The molecule has 1 aliphatic heterocycles. The molecule has 4 heteroatoms. The molecule has 1 fully saturated rings. The van der Waals surface area contributed by atoms with Crippen LogP contribution < -0.4 is 5.01 Å². The number of nitrogens with zero attached hydrogens (tertiary/aromatic N) is 2. The van der Waals surface area contributed by atoms with Gasteiger partial charge in [0, 0.05) is 5.92 Å². The second kappa shape index (κ2) is 7.86. The van der Waals surface area contributed by atoms with E-state index in [1.807, 2.05) is 30.3 Å². The third-order valence-corrected chi connectivity index (χ3v) is 5.94. The van der Waals surface area contributed by atoms with Crippen molar-refractivity contribution in [1.29, 1.82) is 0 Å². The number of halogens is 2. The lowest BCUT2D eigenvalue weighted by Crippen LogP contribution is -2.28. The van der Waals surface area contributed by atoms with Gasteiger partial charge in [0.2, 0.25) is 0 Å². The molecule has 2 atom stereocenters. The molecule has 5 rings (SSSR count). The normalized spacial score (nSPS) is 22.1. The SMILES string of the molecule is Fc1ccc(C=C2CCCC3C2=NN(c2ccccc2)C3c2ccc(F)cc2)cc1. The lowest BCUT2D eigenvalue weighted by Gasteiger charge is -2.30. The van der Waals surface area contributed by atoms with Crippen LogP contribution in [0.5, 0.6) is 0 Å². The van der Waals surface area contributed by atoms with Gasteiger partial charge in [-0.25, -0.2) is 8.78 Å². The number of hydrogen-bond donors (Lipinski definition) is 0. The molecule has 2 aliphatic rings. The minimum Gasteiger partial charge on any atom is -0.257 e. The van der Waals surface area contributed by atoms with Crippen molar-refractivity contribution in [2.24, 2.45) is 11.0 Å². The van der Waals surface area contributed by atoms with Crippen LogP contribution >= 0.6 is 0 Å². The molecule has 1 aliphatic carbocycles. The predicted molar refractivity (Wildman–Crippen MR) is 117 cm³/mol. The standard InChI is InChI=1S/C26H22F2N2/c27-21-13-9-18(10-14-21)17-20-5-4-8-24-25(20)29-30(23-6-2-1-3-7-23)26(24)19-11-15-22(28)16-12-19/h1-3,6-7,9-17,24,26H,4-5,8H2. The second-order valence-electron chi connectivity index (χ2n) is 7.88. The fraction of sp³-hybridized carbons (Fsp3) is 0.192. The van der Waals surface area contributed by atoms with E-state index in [-0.39, 0.29) is 23.6 Å². The molecular formula is C26H22F2N2. The fourth-order valence-electron chi connectivity index (χ4n) is 4.55. The van der Waals surface area contributed by atoms with Crippen molar-refractivity contribution in [3.05, 3.63) is 107 Å². The van der Waals surface area contributed by atoms with Crippen LogP contribution in [0.2, 0.25) is 0 Å². The van der Waals surface area contributed by atoms with Crippen molar-refractivity contribution in [2.75, 3.05) is 5.01 Å². The molecular weight excluding hydrogens is 378 g/mol. The van der Waals surface area contributed by atoms with E-state index in [1.165, 1.54) is 29.8 Å². The first-order valence-corrected chi connectivity index (χ1v) is 10.3. The number of hydrogen-bond acceptors (Lipinski definition) is 2.